The van der Waals surface area contributed by atoms with Gasteiger partial charge < -0.3 is 5.32 Å². The normalized spacial score (nSPS) is 14.6. The first-order valence-corrected chi connectivity index (χ1v) is 11.8. The monoisotopic (exact) mass is 465 g/mol. The zero-order chi connectivity index (χ0) is 24.3. The lowest BCUT2D eigenvalue weighted by Crippen LogP contribution is -2.36. The summed E-state index contributed by atoms with van der Waals surface area (Å²) in [5.74, 6) is -0.508. The van der Waals surface area contributed by atoms with Crippen molar-refractivity contribution in [2.75, 3.05) is 0 Å². The van der Waals surface area contributed by atoms with Crippen LogP contribution in [0.3, 0.4) is 0 Å². The van der Waals surface area contributed by atoms with Crippen LogP contribution in [0.1, 0.15) is 49.7 Å². The predicted molar refractivity (Wildman–Crippen MR) is 132 cm³/mol. The predicted octanol–water partition coefficient (Wildman–Crippen LogP) is 4.21. The summed E-state index contributed by atoms with van der Waals surface area (Å²) >= 11 is 0. The molecule has 9 heteroatoms. The molecule has 0 spiro atoms. The summed E-state index contributed by atoms with van der Waals surface area (Å²) in [4.78, 5) is 9.02. The molecule has 1 fully saturated rings. The van der Waals surface area contributed by atoms with E-state index >= 15 is 0 Å². The minimum atomic E-state index is -0.932. The Morgan fingerprint density at radius 2 is 2.00 bits per heavy atom. The average molecular weight is 466 g/mol. The van der Waals surface area contributed by atoms with Crippen LogP contribution in [0, 0.1) is 28.6 Å². The second kappa shape index (κ2) is 12.2. The molecule has 2 heterocycles. The van der Waals surface area contributed by atoms with Crippen molar-refractivity contribution in [1.29, 1.82) is 10.5 Å². The molecule has 0 bridgehead atoms. The lowest BCUT2D eigenvalue weighted by molar-refractivity contribution is 0.563. The summed E-state index contributed by atoms with van der Waals surface area (Å²) < 4.78 is 1.71. The molecule has 1 aliphatic rings. The van der Waals surface area contributed by atoms with Crippen molar-refractivity contribution >= 4 is 17.1 Å². The van der Waals surface area contributed by atoms with Crippen molar-refractivity contribution in [3.05, 3.63) is 72.3 Å². The summed E-state index contributed by atoms with van der Waals surface area (Å²) in [6, 6.07) is 16.2. The number of nitriles is 2. The van der Waals surface area contributed by atoms with Gasteiger partial charge in [-0.15, -0.1) is 5.10 Å². The molecule has 1 N–H and O–H groups in total. The highest BCUT2D eigenvalue weighted by Gasteiger charge is 2.21. The summed E-state index contributed by atoms with van der Waals surface area (Å²) in [6.45, 7) is 0.730. The van der Waals surface area contributed by atoms with E-state index in [9.17, 15) is 10.5 Å². The Morgan fingerprint density at radius 1 is 1.17 bits per heavy atom. The third kappa shape index (κ3) is 6.58. The maximum Gasteiger partial charge on any atom is 0.190 e. The second-order valence-electron chi connectivity index (χ2n) is 8.44. The van der Waals surface area contributed by atoms with Crippen molar-refractivity contribution in [3.63, 3.8) is 0 Å². The number of aromatic nitrogens is 5. The molecule has 0 amide bonds. The van der Waals surface area contributed by atoms with Crippen LogP contribution in [0.2, 0.25) is 0 Å². The first-order valence-electron chi connectivity index (χ1n) is 11.8. The van der Waals surface area contributed by atoms with Crippen LogP contribution < -0.4 is 5.32 Å². The molecule has 0 radical (unpaired) electrons. The van der Waals surface area contributed by atoms with Crippen molar-refractivity contribution in [2.24, 2.45) is 10.9 Å². The molecule has 1 saturated carbocycles. The van der Waals surface area contributed by atoms with Gasteiger partial charge in [0.05, 0.1) is 17.8 Å². The van der Waals surface area contributed by atoms with Crippen molar-refractivity contribution in [3.8, 4) is 12.1 Å². The number of allylic oxidation sites excluding steroid dienone is 1. The smallest absolute Gasteiger partial charge is 0.190 e. The van der Waals surface area contributed by atoms with Gasteiger partial charge in [0, 0.05) is 30.5 Å². The Morgan fingerprint density at radius 3 is 2.71 bits per heavy atom. The van der Waals surface area contributed by atoms with Gasteiger partial charge in [0.2, 0.25) is 0 Å². The lowest BCUT2D eigenvalue weighted by Gasteiger charge is -2.16. The van der Waals surface area contributed by atoms with E-state index < -0.39 is 5.92 Å². The Bertz CT molecular complexity index is 1210. The highest BCUT2D eigenvalue weighted by atomic mass is 15.5. The third-order valence-corrected chi connectivity index (χ3v) is 5.95. The quantitative estimate of drug-likeness (QED) is 0.285. The fourth-order valence-corrected chi connectivity index (χ4v) is 4.20. The fraction of sp³-hybridized carbons (Fsp3) is 0.346. The van der Waals surface area contributed by atoms with E-state index in [1.54, 1.807) is 17.2 Å². The van der Waals surface area contributed by atoms with Crippen LogP contribution in [-0.2, 0) is 6.54 Å². The number of benzene rings is 1. The third-order valence-electron chi connectivity index (χ3n) is 5.95. The summed E-state index contributed by atoms with van der Waals surface area (Å²) in [5.41, 5.74) is 3.75. The van der Waals surface area contributed by atoms with Crippen LogP contribution in [-0.4, -0.2) is 37.1 Å². The van der Waals surface area contributed by atoms with Crippen molar-refractivity contribution < 1.29 is 0 Å². The molecule has 4 rings (SSSR count). The van der Waals surface area contributed by atoms with Gasteiger partial charge in [0.15, 0.2) is 5.92 Å². The van der Waals surface area contributed by atoms with E-state index in [2.05, 4.69) is 44.0 Å². The van der Waals surface area contributed by atoms with Crippen LogP contribution >= 0.6 is 0 Å². The number of tetrazole rings is 1. The second-order valence-corrected chi connectivity index (χ2v) is 8.44. The average Bonchev–Trinajstić information content (AvgIpc) is 3.60. The fourth-order valence-electron chi connectivity index (χ4n) is 4.20. The molecule has 0 aliphatic heterocycles. The van der Waals surface area contributed by atoms with Gasteiger partial charge in [-0.05, 0) is 65.4 Å². The molecule has 0 unspecified atom stereocenters. The van der Waals surface area contributed by atoms with E-state index in [1.807, 2.05) is 42.6 Å². The van der Waals surface area contributed by atoms with E-state index in [1.165, 1.54) is 0 Å². The van der Waals surface area contributed by atoms with Crippen LogP contribution in [0.4, 0.5) is 5.69 Å². The molecule has 2 aromatic heterocycles. The molecule has 0 saturated heterocycles. The number of amidine groups is 1. The highest BCUT2D eigenvalue weighted by molar-refractivity contribution is 5.91. The number of pyridine rings is 1. The van der Waals surface area contributed by atoms with Crippen molar-refractivity contribution in [1.82, 2.24) is 30.5 Å². The number of rotatable bonds is 9. The Hall–Kier alpha value is -4.37. The number of aliphatic imine (C=N–C) groups is 1. The Balaban J connectivity index is 1.60. The zero-order valence-electron chi connectivity index (χ0n) is 19.5. The Labute approximate surface area is 204 Å². The lowest BCUT2D eigenvalue weighted by atomic mass is 9.97. The summed E-state index contributed by atoms with van der Waals surface area (Å²) in [7, 11) is 0. The Kier molecular flexibility index (Phi) is 8.28. The van der Waals surface area contributed by atoms with Gasteiger partial charge in [0.1, 0.15) is 12.2 Å². The number of nitrogens with one attached hydrogen (secondary N) is 1. The molecule has 0 atom stereocenters. The van der Waals surface area contributed by atoms with Crippen LogP contribution in [0.15, 0.2) is 66.2 Å². The van der Waals surface area contributed by atoms with Crippen LogP contribution in [0.5, 0.6) is 0 Å². The minimum absolute atomic E-state index is 0.257. The maximum absolute atomic E-state index is 9.51. The molecule has 1 aromatic carbocycles. The van der Waals surface area contributed by atoms with Gasteiger partial charge in [-0.25, -0.2) is 9.67 Å². The standard InChI is InChI=1S/C26H27N9/c27-16-22(17-28)26(31-23-9-1-2-10-23)32-24-11-5-7-20(15-24)25(21-8-6-13-29-18-21)12-3-4-14-35-19-30-33-34-35/h5-8,11-13,15,18-19,22-23H,1-4,9-10,14H2,(H,31,32). The molecule has 1 aliphatic carbocycles. The van der Waals surface area contributed by atoms with Gasteiger partial charge >= 0.3 is 0 Å². The summed E-state index contributed by atoms with van der Waals surface area (Å²) in [5, 5.41) is 33.6. The first kappa shape index (κ1) is 23.8. The topological polar surface area (TPSA) is 128 Å². The molecular formula is C26H27N9. The molecule has 9 nitrogen and oxygen atoms in total. The molecule has 3 aromatic rings. The number of hydrogen-bond acceptors (Lipinski definition) is 7. The van der Waals surface area contributed by atoms with Gasteiger partial charge in [-0.2, -0.15) is 10.5 Å². The first-order chi connectivity index (χ1) is 17.3. The molecule has 176 valence electrons. The largest absolute Gasteiger partial charge is 0.369 e. The van der Waals surface area contributed by atoms with E-state index in [-0.39, 0.29) is 6.04 Å². The number of nitrogens with zero attached hydrogens (tertiary/aromatic N) is 8. The van der Waals surface area contributed by atoms with Gasteiger partial charge in [-0.1, -0.05) is 37.1 Å². The van der Waals surface area contributed by atoms with Crippen LogP contribution in [0.25, 0.3) is 5.57 Å². The highest BCUT2D eigenvalue weighted by Crippen LogP contribution is 2.28. The summed E-state index contributed by atoms with van der Waals surface area (Å²) in [6.07, 6.45) is 13.5. The van der Waals surface area contributed by atoms with E-state index in [4.69, 9.17) is 4.99 Å². The number of aryl methyl sites for hydroxylation is 1. The van der Waals surface area contributed by atoms with E-state index in [0.717, 1.165) is 61.8 Å². The van der Waals surface area contributed by atoms with Gasteiger partial charge in [0.25, 0.3) is 0 Å². The molecule has 35 heavy (non-hydrogen) atoms. The number of unbranched alkanes of at least 4 members (excludes halogenated alkanes) is 1. The SMILES string of the molecule is N#CC(C#N)C(=Nc1cccc(C(=CCCCn2cnnn2)c2cccnc2)c1)NC1CCCC1. The minimum Gasteiger partial charge on any atom is -0.369 e. The molecular weight excluding hydrogens is 438 g/mol. The van der Waals surface area contributed by atoms with Gasteiger partial charge in [-0.3, -0.25) is 4.98 Å². The van der Waals surface area contributed by atoms with Crippen molar-refractivity contribution in [2.45, 2.75) is 51.1 Å². The maximum atomic E-state index is 9.51. The number of hydrogen-bond donors (Lipinski definition) is 1. The van der Waals surface area contributed by atoms with E-state index in [0.29, 0.717) is 11.5 Å². The zero-order valence-corrected chi connectivity index (χ0v) is 19.5.